The molecule has 0 saturated carbocycles. The summed E-state index contributed by atoms with van der Waals surface area (Å²) in [7, 11) is 2.55. The van der Waals surface area contributed by atoms with Crippen molar-refractivity contribution in [3.8, 4) is 11.8 Å². The van der Waals surface area contributed by atoms with Gasteiger partial charge in [-0.15, -0.1) is 9.24 Å². The minimum atomic E-state index is 0.500. The van der Waals surface area contributed by atoms with E-state index in [1.54, 1.807) is 0 Å². The third-order valence-electron chi connectivity index (χ3n) is 0.311. The van der Waals surface area contributed by atoms with Gasteiger partial charge in [0.2, 0.25) is 0 Å². The van der Waals surface area contributed by atoms with E-state index in [9.17, 15) is 0 Å². The van der Waals surface area contributed by atoms with E-state index in [4.69, 9.17) is 0 Å². The van der Waals surface area contributed by atoms with E-state index in [0.717, 1.165) is 0 Å². The molecule has 0 aliphatic heterocycles. The summed E-state index contributed by atoms with van der Waals surface area (Å²) in [5.74, 6) is 5.62. The molecular formula is C3H3P. The molecule has 0 spiro atoms. The Morgan fingerprint density at radius 2 is 1.75 bits per heavy atom. The summed E-state index contributed by atoms with van der Waals surface area (Å²) in [5, 5.41) is 0. The molecule has 0 saturated heterocycles. The maximum atomic E-state index is 2.81. The Labute approximate surface area is 27.8 Å². The standard InChI is InChI=1S/C3H3P/c4-3-1-2-3/h3H,4H2. The fourth-order valence-electron chi connectivity index (χ4n) is 0.0481. The Morgan fingerprint density at radius 1 is 1.50 bits per heavy atom. The Hall–Kier alpha value is -0.0100. The molecule has 0 bridgehead atoms. The Bertz CT molecular complexity index is 67.0. The van der Waals surface area contributed by atoms with Gasteiger partial charge in [-0.25, -0.2) is 0 Å². The molecule has 0 aromatic heterocycles. The quantitative estimate of drug-likeness (QED) is 0.283. The van der Waals surface area contributed by atoms with Crippen LogP contribution in [0.15, 0.2) is 0 Å². The van der Waals surface area contributed by atoms with Gasteiger partial charge in [0, 0.05) is 0 Å². The molecule has 0 heterocycles. The monoisotopic (exact) mass is 70.0 g/mol. The first-order chi connectivity index (χ1) is 1.89. The summed E-state index contributed by atoms with van der Waals surface area (Å²) in [6, 6.07) is 0. The van der Waals surface area contributed by atoms with Gasteiger partial charge in [0.25, 0.3) is 0 Å². The number of hydrogen-bond acceptors (Lipinski definition) is 0. The Balaban J connectivity index is 2.38. The van der Waals surface area contributed by atoms with Gasteiger partial charge in [0.15, 0.2) is 0 Å². The second-order valence-corrected chi connectivity index (χ2v) is 1.43. The highest BCUT2D eigenvalue weighted by molar-refractivity contribution is 7.19. The van der Waals surface area contributed by atoms with Crippen LogP contribution >= 0.6 is 9.24 Å². The van der Waals surface area contributed by atoms with Crippen LogP contribution in [-0.4, -0.2) is 5.66 Å². The summed E-state index contributed by atoms with van der Waals surface area (Å²) >= 11 is 0. The maximum Gasteiger partial charge on any atom is 0.0946 e. The Morgan fingerprint density at radius 3 is 1.75 bits per heavy atom. The van der Waals surface area contributed by atoms with Crippen LogP contribution in [0.1, 0.15) is 0 Å². The zero-order chi connectivity index (χ0) is 2.99. The van der Waals surface area contributed by atoms with Crippen LogP contribution in [0.2, 0.25) is 0 Å². The summed E-state index contributed by atoms with van der Waals surface area (Å²) in [4.78, 5) is 0. The third-order valence-corrected chi connectivity index (χ3v) is 0.644. The third kappa shape index (κ3) is 0.218. The first-order valence-electron chi connectivity index (χ1n) is 1.16. The normalized spacial score (nSPS) is 18.2. The van der Waals surface area contributed by atoms with Gasteiger partial charge in [0.1, 0.15) is 0 Å². The minimum Gasteiger partial charge on any atom is -0.108 e. The molecule has 20 valence electrons. The number of rotatable bonds is 0. The highest BCUT2D eigenvalue weighted by atomic mass is 31.0. The second kappa shape index (κ2) is 0.476. The van der Waals surface area contributed by atoms with Gasteiger partial charge in [0.05, 0.1) is 5.66 Å². The minimum absolute atomic E-state index is 0.500. The van der Waals surface area contributed by atoms with Gasteiger partial charge >= 0.3 is 0 Å². The van der Waals surface area contributed by atoms with Crippen molar-refractivity contribution in [2.75, 3.05) is 0 Å². The largest absolute Gasteiger partial charge is 0.108 e. The van der Waals surface area contributed by atoms with Gasteiger partial charge in [-0.3, -0.25) is 0 Å². The topological polar surface area (TPSA) is 0 Å². The van der Waals surface area contributed by atoms with Crippen LogP contribution in [0.25, 0.3) is 0 Å². The van der Waals surface area contributed by atoms with Crippen molar-refractivity contribution in [2.24, 2.45) is 0 Å². The van der Waals surface area contributed by atoms with Gasteiger partial charge in [-0.05, 0) is 0 Å². The van der Waals surface area contributed by atoms with E-state index < -0.39 is 0 Å². The van der Waals surface area contributed by atoms with Crippen molar-refractivity contribution >= 4 is 9.24 Å². The lowest BCUT2D eigenvalue weighted by molar-refractivity contribution is 1.79. The highest BCUT2D eigenvalue weighted by Crippen LogP contribution is 2.03. The van der Waals surface area contributed by atoms with Crippen molar-refractivity contribution < 1.29 is 0 Å². The predicted octanol–water partition coefficient (Wildman–Crippen LogP) is 0.247. The molecule has 0 aromatic carbocycles. The second-order valence-electron chi connectivity index (χ2n) is 0.766. The molecule has 1 aliphatic carbocycles. The van der Waals surface area contributed by atoms with E-state index in [0.29, 0.717) is 5.66 Å². The molecule has 1 rings (SSSR count). The van der Waals surface area contributed by atoms with Gasteiger partial charge in [-0.1, -0.05) is 11.8 Å². The molecule has 1 atom stereocenters. The van der Waals surface area contributed by atoms with Crippen LogP contribution in [0.4, 0.5) is 0 Å². The van der Waals surface area contributed by atoms with Crippen LogP contribution in [-0.2, 0) is 0 Å². The van der Waals surface area contributed by atoms with Crippen molar-refractivity contribution in [3.05, 3.63) is 0 Å². The van der Waals surface area contributed by atoms with Crippen molar-refractivity contribution in [2.45, 2.75) is 5.66 Å². The SMILES string of the molecule is PC1C#C1. The fraction of sp³-hybridized carbons (Fsp3) is 0.333. The first-order valence-corrected chi connectivity index (χ1v) is 1.83. The lowest BCUT2D eigenvalue weighted by Crippen LogP contribution is -1.56. The van der Waals surface area contributed by atoms with E-state index in [-0.39, 0.29) is 0 Å². The summed E-state index contributed by atoms with van der Waals surface area (Å²) in [6.45, 7) is 0. The molecule has 1 heteroatoms. The molecule has 0 radical (unpaired) electrons. The first kappa shape index (κ1) is 2.24. The van der Waals surface area contributed by atoms with E-state index in [1.807, 2.05) is 0 Å². The van der Waals surface area contributed by atoms with Crippen LogP contribution in [0.3, 0.4) is 0 Å². The molecule has 0 aromatic rings. The average molecular weight is 70.0 g/mol. The highest BCUT2D eigenvalue weighted by Gasteiger charge is 1.95. The molecule has 0 N–H and O–H groups in total. The molecule has 0 fully saturated rings. The van der Waals surface area contributed by atoms with E-state index in [1.165, 1.54) is 0 Å². The molecule has 0 amide bonds. The van der Waals surface area contributed by atoms with Crippen molar-refractivity contribution in [1.82, 2.24) is 0 Å². The van der Waals surface area contributed by atoms with Crippen LogP contribution in [0, 0.1) is 11.8 Å². The van der Waals surface area contributed by atoms with Crippen LogP contribution in [0.5, 0.6) is 0 Å². The van der Waals surface area contributed by atoms with E-state index in [2.05, 4.69) is 21.1 Å². The number of hydrogen-bond donors (Lipinski definition) is 0. The predicted molar refractivity (Wildman–Crippen MR) is 21.3 cm³/mol. The summed E-state index contributed by atoms with van der Waals surface area (Å²) < 4.78 is 0. The smallest absolute Gasteiger partial charge is 0.0946 e. The summed E-state index contributed by atoms with van der Waals surface area (Å²) in [6.07, 6.45) is 0. The molecule has 1 aliphatic rings. The molecular weight excluding hydrogens is 67.0 g/mol. The van der Waals surface area contributed by atoms with Crippen molar-refractivity contribution in [3.63, 3.8) is 0 Å². The zero-order valence-electron chi connectivity index (χ0n) is 2.15. The van der Waals surface area contributed by atoms with Crippen LogP contribution < -0.4 is 0 Å². The summed E-state index contributed by atoms with van der Waals surface area (Å²) in [5.41, 5.74) is 0.500. The lowest BCUT2D eigenvalue weighted by atomic mass is 10.8. The molecule has 4 heavy (non-hydrogen) atoms. The lowest BCUT2D eigenvalue weighted by Gasteiger charge is -1.56. The fourth-order valence-corrected chi connectivity index (χ4v) is 0.144. The zero-order valence-corrected chi connectivity index (χ0v) is 3.31. The molecule has 0 nitrogen and oxygen atoms in total. The van der Waals surface area contributed by atoms with Gasteiger partial charge in [-0.2, -0.15) is 0 Å². The Kier molecular flexibility index (Phi) is 0.266. The van der Waals surface area contributed by atoms with Crippen molar-refractivity contribution in [1.29, 1.82) is 0 Å². The average Bonchev–Trinajstić information content (AvgIpc) is 1.75. The van der Waals surface area contributed by atoms with Gasteiger partial charge < -0.3 is 0 Å². The van der Waals surface area contributed by atoms with E-state index >= 15 is 0 Å². The maximum absolute atomic E-state index is 2.81. The molecule has 1 unspecified atom stereocenters.